The molecule has 4 aromatic rings. The highest BCUT2D eigenvalue weighted by molar-refractivity contribution is 5.73. The number of aryl methyl sites for hydroxylation is 1. The number of aromatic nitrogens is 1. The van der Waals surface area contributed by atoms with E-state index in [1.807, 2.05) is 0 Å². The minimum Gasteiger partial charge on any atom is -0.488 e. The molecule has 7 nitrogen and oxygen atoms in total. The predicted octanol–water partition coefficient (Wildman–Crippen LogP) is 9.27. The molecule has 4 N–H and O–H groups in total. The molecule has 2 saturated heterocycles. The van der Waals surface area contributed by atoms with E-state index < -0.39 is 0 Å². The van der Waals surface area contributed by atoms with Crippen LogP contribution in [-0.4, -0.2) is 15.6 Å². The van der Waals surface area contributed by atoms with Gasteiger partial charge in [-0.2, -0.15) is 0 Å². The third-order valence-electron chi connectivity index (χ3n) is 16.5. The molecular formula is C58H58N5O2+. The van der Waals surface area contributed by atoms with Gasteiger partial charge in [0.05, 0.1) is 23.8 Å². The fraction of sp³-hybridized carbons (Fsp3) is 0.345. The van der Waals surface area contributed by atoms with Gasteiger partial charge in [-0.1, -0.05) is 134 Å². The Bertz CT molecular complexity index is 2960. The summed E-state index contributed by atoms with van der Waals surface area (Å²) in [5.74, 6) is 4.67. The number of hydrogen-bond acceptors (Lipinski definition) is 5. The Morgan fingerprint density at radius 1 is 0.754 bits per heavy atom. The number of hydrogen-bond donors (Lipinski definition) is 3. The van der Waals surface area contributed by atoms with Crippen LogP contribution in [0.5, 0.6) is 0 Å². The topological polar surface area (TPSA) is 71.2 Å². The summed E-state index contributed by atoms with van der Waals surface area (Å²) in [6, 6.07) is 22.1. The molecule has 0 spiro atoms. The third-order valence-corrected chi connectivity index (χ3v) is 16.5. The SMILES string of the molecule is CC1Cc2c(n(C3C=CC(N4C5=CCCC=C5C5C=Cc6c(oc7c6C=CCC7)C54)=CC3C3NC(c4ccccc4)NC(c4ccccc4)[NH2+]3)c3c2=CCCC=3)C2OC3=C(C=CCC3)C12. The van der Waals surface area contributed by atoms with Gasteiger partial charge >= 0.3 is 0 Å². The van der Waals surface area contributed by atoms with Crippen LogP contribution in [0.4, 0.5) is 0 Å². The Balaban J connectivity index is 0.954. The molecule has 2 aromatic carbocycles. The van der Waals surface area contributed by atoms with Crippen LogP contribution >= 0.6 is 0 Å². The first kappa shape index (κ1) is 38.4. The number of quaternary nitrogens is 1. The van der Waals surface area contributed by atoms with Gasteiger partial charge in [-0.05, 0) is 90.5 Å². The first-order chi connectivity index (χ1) is 32.2. The van der Waals surface area contributed by atoms with E-state index in [4.69, 9.17) is 9.15 Å². The van der Waals surface area contributed by atoms with Crippen LogP contribution in [0.1, 0.15) is 127 Å². The number of allylic oxidation sites excluding steroid dienone is 9. The molecular weight excluding hydrogens is 799 g/mol. The third kappa shape index (κ3) is 5.91. The van der Waals surface area contributed by atoms with E-state index in [2.05, 4.69) is 172 Å². The lowest BCUT2D eigenvalue weighted by Crippen LogP contribution is -3.00. The molecule has 7 heteroatoms. The molecule has 10 unspecified atom stereocenters. The second kappa shape index (κ2) is 15.1. The van der Waals surface area contributed by atoms with Crippen LogP contribution in [0.2, 0.25) is 0 Å². The average Bonchev–Trinajstić information content (AvgIpc) is 4.13. The summed E-state index contributed by atoms with van der Waals surface area (Å²) in [6.45, 7) is 2.47. The molecule has 10 atom stereocenters. The summed E-state index contributed by atoms with van der Waals surface area (Å²) in [7, 11) is 0. The molecule has 0 bridgehead atoms. The summed E-state index contributed by atoms with van der Waals surface area (Å²) in [6.07, 6.45) is 41.6. The summed E-state index contributed by atoms with van der Waals surface area (Å²) in [4.78, 5) is 2.68. The summed E-state index contributed by atoms with van der Waals surface area (Å²) < 4.78 is 17.1. The maximum absolute atomic E-state index is 7.26. The van der Waals surface area contributed by atoms with Gasteiger partial charge in [0.1, 0.15) is 29.4 Å². The van der Waals surface area contributed by atoms with Crippen LogP contribution in [0.15, 0.2) is 148 Å². The Morgan fingerprint density at radius 2 is 1.55 bits per heavy atom. The van der Waals surface area contributed by atoms with Crippen molar-refractivity contribution in [3.05, 3.63) is 199 Å². The van der Waals surface area contributed by atoms with Crippen molar-refractivity contribution in [1.82, 2.24) is 20.1 Å². The number of rotatable bonds is 5. The number of nitrogens with zero attached hydrogens (tertiary/aromatic N) is 2. The van der Waals surface area contributed by atoms with Crippen molar-refractivity contribution in [2.45, 2.75) is 101 Å². The maximum atomic E-state index is 7.26. The lowest BCUT2D eigenvalue weighted by Gasteiger charge is -2.43. The zero-order valence-electron chi connectivity index (χ0n) is 37.2. The van der Waals surface area contributed by atoms with E-state index >= 15 is 0 Å². The van der Waals surface area contributed by atoms with Gasteiger partial charge < -0.3 is 23.9 Å². The number of nitrogens with two attached hydrogens (primary N) is 1. The molecule has 65 heavy (non-hydrogen) atoms. The van der Waals surface area contributed by atoms with Gasteiger partial charge in [-0.25, -0.2) is 10.6 Å². The molecule has 3 aliphatic heterocycles. The van der Waals surface area contributed by atoms with Crippen LogP contribution in [0.25, 0.3) is 24.3 Å². The van der Waals surface area contributed by atoms with Crippen LogP contribution < -0.4 is 26.5 Å². The van der Waals surface area contributed by atoms with Gasteiger partial charge in [0.15, 0.2) is 12.3 Å². The smallest absolute Gasteiger partial charge is 0.168 e. The summed E-state index contributed by atoms with van der Waals surface area (Å²) in [5.41, 5.74) is 13.5. The number of benzene rings is 2. The van der Waals surface area contributed by atoms with Gasteiger partial charge in [-0.3, -0.25) is 0 Å². The van der Waals surface area contributed by atoms with Gasteiger partial charge in [0, 0.05) is 58.1 Å². The largest absolute Gasteiger partial charge is 0.488 e. The van der Waals surface area contributed by atoms with Crippen LogP contribution in [-0.2, 0) is 17.6 Å². The number of fused-ring (bicyclic) bond motifs is 13. The second-order valence-electron chi connectivity index (χ2n) is 20.1. The Kier molecular flexibility index (Phi) is 8.92. The molecule has 2 aromatic heterocycles. The second-order valence-corrected chi connectivity index (χ2v) is 20.1. The van der Waals surface area contributed by atoms with Crippen molar-refractivity contribution < 1.29 is 14.5 Å². The van der Waals surface area contributed by atoms with Crippen LogP contribution in [0, 0.1) is 23.7 Å². The van der Waals surface area contributed by atoms with E-state index in [0.717, 1.165) is 69.3 Å². The molecule has 5 heterocycles. The molecule has 7 aliphatic carbocycles. The Labute approximate surface area is 381 Å². The van der Waals surface area contributed by atoms with Crippen molar-refractivity contribution in [3.8, 4) is 0 Å². The van der Waals surface area contributed by atoms with Crippen molar-refractivity contribution in [1.29, 1.82) is 0 Å². The molecule has 10 aliphatic rings. The highest BCUT2D eigenvalue weighted by atomic mass is 16.5. The highest BCUT2D eigenvalue weighted by Crippen LogP contribution is 2.57. The quantitative estimate of drug-likeness (QED) is 0.187. The zero-order chi connectivity index (χ0) is 42.8. The Morgan fingerprint density at radius 3 is 2.45 bits per heavy atom. The van der Waals surface area contributed by atoms with Crippen molar-refractivity contribution in [3.63, 3.8) is 0 Å². The number of ether oxygens (including phenoxy) is 1. The predicted molar refractivity (Wildman–Crippen MR) is 256 cm³/mol. The average molecular weight is 857 g/mol. The van der Waals surface area contributed by atoms with Crippen LogP contribution in [0.3, 0.4) is 0 Å². The minimum atomic E-state index is -0.0430. The Hall–Kier alpha value is -5.86. The molecule has 0 amide bonds. The lowest BCUT2D eigenvalue weighted by atomic mass is 9.73. The highest BCUT2D eigenvalue weighted by Gasteiger charge is 2.51. The fourth-order valence-electron chi connectivity index (χ4n) is 13.7. The van der Waals surface area contributed by atoms with Crippen molar-refractivity contribution in [2.75, 3.05) is 0 Å². The van der Waals surface area contributed by atoms with E-state index in [0.29, 0.717) is 11.8 Å². The number of furan rings is 1. The fourth-order valence-corrected chi connectivity index (χ4v) is 13.7. The lowest BCUT2D eigenvalue weighted by molar-refractivity contribution is -0.754. The molecule has 326 valence electrons. The summed E-state index contributed by atoms with van der Waals surface area (Å²) >= 11 is 0. The van der Waals surface area contributed by atoms with E-state index in [1.165, 1.54) is 72.4 Å². The first-order valence-electron chi connectivity index (χ1n) is 24.7. The minimum absolute atomic E-state index is 0.0123. The van der Waals surface area contributed by atoms with E-state index in [9.17, 15) is 0 Å². The maximum Gasteiger partial charge on any atom is 0.168 e. The molecule has 14 rings (SSSR count). The number of likely N-dealkylation sites (tertiary alicyclic amines) is 1. The normalized spacial score (nSPS) is 32.3. The molecule has 0 saturated carbocycles. The van der Waals surface area contributed by atoms with Gasteiger partial charge in [0.2, 0.25) is 0 Å². The van der Waals surface area contributed by atoms with E-state index in [-0.39, 0.29) is 48.5 Å². The van der Waals surface area contributed by atoms with E-state index in [1.54, 1.807) is 0 Å². The molecule has 0 radical (unpaired) electrons. The first-order valence-corrected chi connectivity index (χ1v) is 24.7. The van der Waals surface area contributed by atoms with Gasteiger partial charge in [-0.15, -0.1) is 0 Å². The van der Waals surface area contributed by atoms with Crippen molar-refractivity contribution >= 4 is 24.3 Å². The van der Waals surface area contributed by atoms with Gasteiger partial charge in [0.25, 0.3) is 0 Å². The summed E-state index contributed by atoms with van der Waals surface area (Å²) in [5, 5.41) is 13.7. The standard InChI is InChI=1S/C58H57N5O2/c1-34-32-44-39-21-9-13-25-47(39)63(53(44)55-51(34)43-23-11-15-27-50(43)65-55)48-31-28-37(33-45(48)58-60-56(35-16-4-2-5-17-35)59-57(61-58)36-18-6-3-7-19-36)62-46-24-12-8-20-38(46)41-29-30-42-40-22-10-14-26-49(40)64-54(42)52(41)62/h2-7,10-11,16-25,28-31,33-34,41,45,48,51-52,55-61H,8-9,12-15,26-27,32H2,1H3/p+1. The van der Waals surface area contributed by atoms with Crippen molar-refractivity contribution in [2.24, 2.45) is 23.7 Å². The number of nitrogens with one attached hydrogen (secondary N) is 2. The zero-order valence-corrected chi connectivity index (χ0v) is 37.2. The monoisotopic (exact) mass is 856 g/mol. The molecule has 2 fully saturated rings.